The van der Waals surface area contributed by atoms with Gasteiger partial charge in [0.2, 0.25) is 0 Å². The fraction of sp³-hybridized carbons (Fsp3) is 0.125. The molecule has 0 radical (unpaired) electrons. The molecule has 4 N–H and O–H groups in total. The van der Waals surface area contributed by atoms with Crippen LogP contribution in [0.1, 0.15) is 0 Å². The van der Waals surface area contributed by atoms with Crippen molar-refractivity contribution < 1.29 is 4.92 Å². The van der Waals surface area contributed by atoms with E-state index in [0.717, 1.165) is 0 Å². The molecule has 0 aromatic heterocycles. The molecule has 6 nitrogen and oxygen atoms in total. The Balaban J connectivity index is 3.08. The van der Waals surface area contributed by atoms with Gasteiger partial charge in [-0.25, -0.2) is 0 Å². The number of nitro groups is 1. The molecule has 80 valence electrons. The number of nitrogens with two attached hydrogens (primary N) is 1. The lowest BCUT2D eigenvalue weighted by Crippen LogP contribution is -2.19. The maximum Gasteiger partial charge on any atom is 0.271 e. The van der Waals surface area contributed by atoms with Crippen molar-refractivity contribution in [2.45, 2.75) is 0 Å². The minimum atomic E-state index is -0.467. The Hall–Kier alpha value is -1.89. The molecular formula is C8H10N4O2S. The van der Waals surface area contributed by atoms with Crippen molar-refractivity contribution in [1.29, 1.82) is 0 Å². The number of anilines is 2. The van der Waals surface area contributed by atoms with Gasteiger partial charge in [0.15, 0.2) is 5.11 Å². The molecular weight excluding hydrogens is 216 g/mol. The van der Waals surface area contributed by atoms with Gasteiger partial charge in [-0.05, 0) is 18.3 Å². The number of nitro benzene ring substituents is 1. The van der Waals surface area contributed by atoms with Crippen molar-refractivity contribution in [1.82, 2.24) is 0 Å². The van der Waals surface area contributed by atoms with Crippen molar-refractivity contribution >= 4 is 34.4 Å². The first kappa shape index (κ1) is 11.2. The standard InChI is InChI=1S/C8H10N4O2S/c1-10-7-4-5(12(13)14)2-3-6(7)11-8(9)15/h2-4,10H,1H3,(H3,9,11,15). The first-order valence-electron chi connectivity index (χ1n) is 4.07. The number of nitrogens with zero attached hydrogens (tertiary/aromatic N) is 1. The van der Waals surface area contributed by atoms with E-state index in [4.69, 9.17) is 5.73 Å². The van der Waals surface area contributed by atoms with Crippen molar-refractivity contribution in [3.8, 4) is 0 Å². The zero-order chi connectivity index (χ0) is 11.4. The van der Waals surface area contributed by atoms with Gasteiger partial charge in [0, 0.05) is 19.2 Å². The minimum absolute atomic E-state index is 0.00726. The van der Waals surface area contributed by atoms with Crippen molar-refractivity contribution in [2.24, 2.45) is 5.73 Å². The highest BCUT2D eigenvalue weighted by molar-refractivity contribution is 7.80. The fourth-order valence-electron chi connectivity index (χ4n) is 1.09. The molecule has 7 heteroatoms. The lowest BCUT2D eigenvalue weighted by molar-refractivity contribution is -0.384. The molecule has 0 aliphatic carbocycles. The summed E-state index contributed by atoms with van der Waals surface area (Å²) in [5, 5.41) is 16.1. The Kier molecular flexibility index (Phi) is 3.40. The van der Waals surface area contributed by atoms with Gasteiger partial charge in [0.1, 0.15) is 0 Å². The highest BCUT2D eigenvalue weighted by Gasteiger charge is 2.09. The maximum atomic E-state index is 10.5. The van der Waals surface area contributed by atoms with Gasteiger partial charge in [-0.1, -0.05) is 0 Å². The molecule has 0 aliphatic heterocycles. The van der Waals surface area contributed by atoms with Crippen LogP contribution in [0, 0.1) is 10.1 Å². The highest BCUT2D eigenvalue weighted by atomic mass is 32.1. The summed E-state index contributed by atoms with van der Waals surface area (Å²) in [6.45, 7) is 0. The molecule has 0 saturated heterocycles. The molecule has 1 aromatic carbocycles. The predicted molar refractivity (Wildman–Crippen MR) is 63.1 cm³/mol. The molecule has 0 atom stereocenters. The summed E-state index contributed by atoms with van der Waals surface area (Å²) in [7, 11) is 1.66. The van der Waals surface area contributed by atoms with Crippen molar-refractivity contribution in [3.05, 3.63) is 28.3 Å². The smallest absolute Gasteiger partial charge is 0.271 e. The monoisotopic (exact) mass is 226 g/mol. The van der Waals surface area contributed by atoms with Gasteiger partial charge in [-0.3, -0.25) is 10.1 Å². The molecule has 0 unspecified atom stereocenters. The van der Waals surface area contributed by atoms with Crippen LogP contribution in [-0.2, 0) is 0 Å². The molecule has 0 saturated carbocycles. The summed E-state index contributed by atoms with van der Waals surface area (Å²) in [6, 6.07) is 4.32. The van der Waals surface area contributed by atoms with E-state index in [1.807, 2.05) is 0 Å². The van der Waals surface area contributed by atoms with E-state index in [1.54, 1.807) is 13.1 Å². The Morgan fingerprint density at radius 1 is 1.53 bits per heavy atom. The lowest BCUT2D eigenvalue weighted by Gasteiger charge is -2.09. The Morgan fingerprint density at radius 2 is 2.20 bits per heavy atom. The quantitative estimate of drug-likeness (QED) is 0.408. The number of hydrogen-bond acceptors (Lipinski definition) is 4. The van der Waals surface area contributed by atoms with E-state index < -0.39 is 4.92 Å². The van der Waals surface area contributed by atoms with Crippen LogP contribution in [-0.4, -0.2) is 17.1 Å². The third-order valence-corrected chi connectivity index (χ3v) is 1.84. The molecule has 1 aromatic rings. The number of hydrogen-bond donors (Lipinski definition) is 3. The van der Waals surface area contributed by atoms with Crippen LogP contribution in [0.25, 0.3) is 0 Å². The van der Waals surface area contributed by atoms with E-state index in [9.17, 15) is 10.1 Å². The summed E-state index contributed by atoms with van der Waals surface area (Å²) in [6.07, 6.45) is 0. The van der Waals surface area contributed by atoms with Crippen LogP contribution in [0.4, 0.5) is 17.1 Å². The zero-order valence-corrected chi connectivity index (χ0v) is 8.80. The molecule has 0 bridgehead atoms. The van der Waals surface area contributed by atoms with Crippen LogP contribution in [0.15, 0.2) is 18.2 Å². The summed E-state index contributed by atoms with van der Waals surface area (Å²) < 4.78 is 0. The number of benzene rings is 1. The normalized spacial score (nSPS) is 9.40. The van der Waals surface area contributed by atoms with E-state index in [0.29, 0.717) is 11.4 Å². The minimum Gasteiger partial charge on any atom is -0.386 e. The van der Waals surface area contributed by atoms with E-state index in [2.05, 4.69) is 22.9 Å². The van der Waals surface area contributed by atoms with Crippen LogP contribution in [0.2, 0.25) is 0 Å². The fourth-order valence-corrected chi connectivity index (χ4v) is 1.20. The maximum absolute atomic E-state index is 10.5. The van der Waals surface area contributed by atoms with Gasteiger partial charge < -0.3 is 16.4 Å². The Labute approximate surface area is 91.6 Å². The van der Waals surface area contributed by atoms with E-state index >= 15 is 0 Å². The van der Waals surface area contributed by atoms with Crippen molar-refractivity contribution in [2.75, 3.05) is 17.7 Å². The van der Waals surface area contributed by atoms with Gasteiger partial charge in [-0.15, -0.1) is 0 Å². The number of nitrogens with one attached hydrogen (secondary N) is 2. The molecule has 0 aliphatic rings. The van der Waals surface area contributed by atoms with Crippen LogP contribution < -0.4 is 16.4 Å². The van der Waals surface area contributed by atoms with Gasteiger partial charge in [0.05, 0.1) is 16.3 Å². The Bertz CT molecular complexity index is 408. The van der Waals surface area contributed by atoms with Gasteiger partial charge in [-0.2, -0.15) is 0 Å². The first-order valence-corrected chi connectivity index (χ1v) is 4.48. The summed E-state index contributed by atoms with van der Waals surface area (Å²) in [5.41, 5.74) is 6.49. The predicted octanol–water partition coefficient (Wildman–Crippen LogP) is 1.29. The number of rotatable bonds is 3. The largest absolute Gasteiger partial charge is 0.386 e. The average molecular weight is 226 g/mol. The topological polar surface area (TPSA) is 93.2 Å². The molecule has 15 heavy (non-hydrogen) atoms. The van der Waals surface area contributed by atoms with Gasteiger partial charge in [0.25, 0.3) is 5.69 Å². The third-order valence-electron chi connectivity index (χ3n) is 1.74. The SMILES string of the molecule is CNc1cc([N+](=O)[O-])ccc1NC(N)=S. The third kappa shape index (κ3) is 2.78. The second-order valence-corrected chi connectivity index (χ2v) is 3.17. The molecule has 0 amide bonds. The molecule has 1 rings (SSSR count). The summed E-state index contributed by atoms with van der Waals surface area (Å²) in [5.74, 6) is 0. The molecule has 0 fully saturated rings. The number of thiocarbonyl (C=S) groups is 1. The lowest BCUT2D eigenvalue weighted by atomic mass is 10.2. The summed E-state index contributed by atoms with van der Waals surface area (Å²) in [4.78, 5) is 10.0. The average Bonchev–Trinajstić information content (AvgIpc) is 2.17. The molecule has 0 heterocycles. The van der Waals surface area contributed by atoms with Crippen LogP contribution in [0.5, 0.6) is 0 Å². The second-order valence-electron chi connectivity index (χ2n) is 2.73. The molecule has 0 spiro atoms. The van der Waals surface area contributed by atoms with Gasteiger partial charge >= 0.3 is 0 Å². The van der Waals surface area contributed by atoms with Crippen molar-refractivity contribution in [3.63, 3.8) is 0 Å². The number of non-ortho nitro benzene ring substituents is 1. The van der Waals surface area contributed by atoms with Crippen LogP contribution in [0.3, 0.4) is 0 Å². The van der Waals surface area contributed by atoms with E-state index in [-0.39, 0.29) is 10.8 Å². The van der Waals surface area contributed by atoms with Crippen LogP contribution >= 0.6 is 12.2 Å². The zero-order valence-electron chi connectivity index (χ0n) is 7.98. The Morgan fingerprint density at radius 3 is 2.67 bits per heavy atom. The van der Waals surface area contributed by atoms with E-state index in [1.165, 1.54) is 12.1 Å². The second kappa shape index (κ2) is 4.56. The summed E-state index contributed by atoms with van der Waals surface area (Å²) >= 11 is 4.67. The first-order chi connectivity index (χ1) is 7.04. The highest BCUT2D eigenvalue weighted by Crippen LogP contribution is 2.26.